The molecule has 0 saturated heterocycles. The van der Waals surface area contributed by atoms with Crippen LogP contribution in [0.2, 0.25) is 0 Å². The number of phosphoric acid groups is 1. The first-order chi connectivity index (χ1) is 7.03. The first-order valence-corrected chi connectivity index (χ1v) is 6.35. The lowest BCUT2D eigenvalue weighted by Crippen LogP contribution is -2.22. The first-order valence-electron chi connectivity index (χ1n) is 4.86. The van der Waals surface area contributed by atoms with Crippen molar-refractivity contribution in [1.82, 2.24) is 9.96 Å². The first kappa shape index (κ1) is 12.5. The summed E-state index contributed by atoms with van der Waals surface area (Å²) in [6.45, 7) is 2.63. The maximum Gasteiger partial charge on any atom is 0.493 e. The molecule has 1 heterocycles. The number of hydrogen-bond donors (Lipinski definition) is 1. The quantitative estimate of drug-likeness (QED) is 0.557. The average Bonchev–Trinajstić information content (AvgIpc) is 2.50. The zero-order chi connectivity index (χ0) is 11.3. The minimum atomic E-state index is -3.95. The molecule has 0 aromatic rings. The van der Waals surface area contributed by atoms with Gasteiger partial charge in [-0.3, -0.25) is 4.52 Å². The molecule has 1 atom stereocenters. The number of unbranched alkanes of at least 4 members (excludes halogenated alkanes) is 1. The number of hydrogen-bond acceptors (Lipinski definition) is 5. The third-order valence-electron chi connectivity index (χ3n) is 1.81. The normalized spacial score (nSPS) is 19.7. The Morgan fingerprint density at radius 1 is 1.53 bits per heavy atom. The van der Waals surface area contributed by atoms with E-state index in [2.05, 4.69) is 0 Å². The number of nitrogens with zero attached hydrogens (tertiary/aromatic N) is 2. The third kappa shape index (κ3) is 4.66. The number of rotatable bonds is 6. The molecule has 88 valence electrons. The van der Waals surface area contributed by atoms with Crippen molar-refractivity contribution in [3.63, 3.8) is 0 Å². The zero-order valence-corrected chi connectivity index (χ0v) is 9.89. The molecule has 15 heavy (non-hydrogen) atoms. The van der Waals surface area contributed by atoms with E-state index in [9.17, 15) is 9.46 Å². The maximum atomic E-state index is 11.4. The fourth-order valence-corrected chi connectivity index (χ4v) is 1.81. The molecule has 0 aromatic carbocycles. The standard InChI is InChI=1S/C8H17N2O4P/c1-3-4-7-13-15(11,12)14-10-6-5-9(2)8-10/h5-6H,3-4,7-8H2,1-2H3,(H,11,12). The molecule has 6 nitrogen and oxygen atoms in total. The van der Waals surface area contributed by atoms with Gasteiger partial charge in [-0.15, -0.1) is 0 Å². The second kappa shape index (κ2) is 5.51. The van der Waals surface area contributed by atoms with Gasteiger partial charge in [0.1, 0.15) is 6.67 Å². The Bertz CT molecular complexity index is 271. The van der Waals surface area contributed by atoms with Crippen LogP contribution < -0.4 is 0 Å². The van der Waals surface area contributed by atoms with E-state index in [0.717, 1.165) is 12.8 Å². The lowest BCUT2D eigenvalue weighted by atomic mass is 10.4. The van der Waals surface area contributed by atoms with Gasteiger partial charge >= 0.3 is 7.82 Å². The molecule has 0 amide bonds. The Labute approximate surface area is 89.6 Å². The molecule has 0 saturated carbocycles. The molecule has 0 radical (unpaired) electrons. The highest BCUT2D eigenvalue weighted by Gasteiger charge is 2.26. The van der Waals surface area contributed by atoms with Crippen LogP contribution in [0.5, 0.6) is 0 Å². The van der Waals surface area contributed by atoms with Crippen molar-refractivity contribution in [2.24, 2.45) is 0 Å². The van der Waals surface area contributed by atoms with Gasteiger partial charge in [0.05, 0.1) is 6.61 Å². The summed E-state index contributed by atoms with van der Waals surface area (Å²) in [5.41, 5.74) is 0. The molecule has 1 aliphatic heterocycles. The van der Waals surface area contributed by atoms with Crippen LogP contribution in [0.4, 0.5) is 0 Å². The fourth-order valence-electron chi connectivity index (χ4n) is 1.04. The van der Waals surface area contributed by atoms with Gasteiger partial charge in [0.2, 0.25) is 0 Å². The predicted molar refractivity (Wildman–Crippen MR) is 55.4 cm³/mol. The van der Waals surface area contributed by atoms with Crippen molar-refractivity contribution in [2.45, 2.75) is 19.8 Å². The number of hydroxylamine groups is 2. The Kier molecular flexibility index (Phi) is 4.60. The Morgan fingerprint density at radius 2 is 2.27 bits per heavy atom. The van der Waals surface area contributed by atoms with Crippen LogP contribution in [-0.4, -0.2) is 35.2 Å². The summed E-state index contributed by atoms with van der Waals surface area (Å²) in [7, 11) is -2.12. The van der Waals surface area contributed by atoms with Crippen LogP contribution >= 0.6 is 7.82 Å². The van der Waals surface area contributed by atoms with E-state index in [1.54, 1.807) is 12.4 Å². The van der Waals surface area contributed by atoms with Crippen LogP contribution in [0, 0.1) is 0 Å². The highest BCUT2D eigenvalue weighted by Crippen LogP contribution is 2.44. The maximum absolute atomic E-state index is 11.4. The van der Waals surface area contributed by atoms with Gasteiger partial charge in [0, 0.05) is 19.4 Å². The topological polar surface area (TPSA) is 62.2 Å². The lowest BCUT2D eigenvalue weighted by molar-refractivity contribution is -0.0532. The van der Waals surface area contributed by atoms with Crippen LogP contribution in [0.3, 0.4) is 0 Å². The largest absolute Gasteiger partial charge is 0.493 e. The summed E-state index contributed by atoms with van der Waals surface area (Å²) in [6, 6.07) is 0. The van der Waals surface area contributed by atoms with Crippen molar-refractivity contribution in [2.75, 3.05) is 20.3 Å². The minimum absolute atomic E-state index is 0.234. The van der Waals surface area contributed by atoms with Crippen molar-refractivity contribution in [3.05, 3.63) is 12.4 Å². The van der Waals surface area contributed by atoms with Crippen molar-refractivity contribution >= 4 is 7.82 Å². The average molecular weight is 236 g/mol. The van der Waals surface area contributed by atoms with Crippen LogP contribution in [0.1, 0.15) is 19.8 Å². The highest BCUT2D eigenvalue weighted by atomic mass is 31.2. The Balaban J connectivity index is 2.29. The van der Waals surface area contributed by atoms with Crippen molar-refractivity contribution in [3.8, 4) is 0 Å². The molecule has 1 unspecified atom stereocenters. The van der Waals surface area contributed by atoms with Crippen LogP contribution in [-0.2, 0) is 13.7 Å². The Hall–Kier alpha value is -0.550. The molecule has 0 spiro atoms. The summed E-state index contributed by atoms with van der Waals surface area (Å²) in [5.74, 6) is 0. The van der Waals surface area contributed by atoms with Crippen molar-refractivity contribution in [1.29, 1.82) is 0 Å². The molecule has 0 aliphatic carbocycles. The summed E-state index contributed by atoms with van der Waals surface area (Å²) in [6.07, 6.45) is 4.97. The van der Waals surface area contributed by atoms with Gasteiger partial charge in [0.25, 0.3) is 0 Å². The molecular formula is C8H17N2O4P. The van der Waals surface area contributed by atoms with E-state index in [1.807, 2.05) is 18.9 Å². The second-order valence-electron chi connectivity index (χ2n) is 3.35. The second-order valence-corrected chi connectivity index (χ2v) is 4.71. The highest BCUT2D eigenvalue weighted by molar-refractivity contribution is 7.47. The van der Waals surface area contributed by atoms with Gasteiger partial charge in [-0.1, -0.05) is 13.3 Å². The minimum Gasteiger partial charge on any atom is -0.360 e. The molecule has 7 heteroatoms. The molecule has 0 bridgehead atoms. The summed E-state index contributed by atoms with van der Waals surface area (Å²) in [4.78, 5) is 11.1. The summed E-state index contributed by atoms with van der Waals surface area (Å²) >= 11 is 0. The summed E-state index contributed by atoms with van der Waals surface area (Å²) < 4.78 is 20.9. The van der Waals surface area contributed by atoms with E-state index >= 15 is 0 Å². The van der Waals surface area contributed by atoms with E-state index < -0.39 is 7.82 Å². The summed E-state index contributed by atoms with van der Waals surface area (Å²) in [5, 5.41) is 1.27. The third-order valence-corrected chi connectivity index (χ3v) is 2.74. The van der Waals surface area contributed by atoms with E-state index in [1.165, 1.54) is 5.06 Å². The van der Waals surface area contributed by atoms with Gasteiger partial charge < -0.3 is 9.79 Å². The van der Waals surface area contributed by atoms with E-state index in [-0.39, 0.29) is 6.61 Å². The molecule has 0 fully saturated rings. The Morgan fingerprint density at radius 3 is 2.80 bits per heavy atom. The zero-order valence-electron chi connectivity index (χ0n) is 9.00. The van der Waals surface area contributed by atoms with Gasteiger partial charge in [0.15, 0.2) is 0 Å². The van der Waals surface area contributed by atoms with Crippen LogP contribution in [0.25, 0.3) is 0 Å². The lowest BCUT2D eigenvalue weighted by Gasteiger charge is -2.19. The molecule has 1 aliphatic rings. The van der Waals surface area contributed by atoms with E-state index in [4.69, 9.17) is 9.15 Å². The molecule has 1 rings (SSSR count). The monoisotopic (exact) mass is 236 g/mol. The molecule has 1 N–H and O–H groups in total. The van der Waals surface area contributed by atoms with Crippen molar-refractivity contribution < 1.29 is 18.6 Å². The smallest absolute Gasteiger partial charge is 0.360 e. The van der Waals surface area contributed by atoms with Gasteiger partial charge in [-0.05, 0) is 6.42 Å². The molecule has 0 aromatic heterocycles. The molecular weight excluding hydrogens is 219 g/mol. The predicted octanol–water partition coefficient (Wildman–Crippen LogP) is 1.51. The van der Waals surface area contributed by atoms with E-state index in [0.29, 0.717) is 6.67 Å². The fraction of sp³-hybridized carbons (Fsp3) is 0.750. The number of phosphoric ester groups is 1. The van der Waals surface area contributed by atoms with Gasteiger partial charge in [-0.2, -0.15) is 4.62 Å². The van der Waals surface area contributed by atoms with Gasteiger partial charge in [-0.25, -0.2) is 9.63 Å². The SMILES string of the molecule is CCCCOP(=O)(O)ON1C=CN(C)C1. The van der Waals surface area contributed by atoms with Crippen LogP contribution in [0.15, 0.2) is 12.4 Å².